The number of hydrogen-bond donors (Lipinski definition) is 2. The number of phenols is 1. The highest BCUT2D eigenvalue weighted by Gasteiger charge is 2.49. The normalized spacial score (nSPS) is 27.0. The molecule has 2 aromatic carbocycles. The van der Waals surface area contributed by atoms with Crippen molar-refractivity contribution in [2.45, 2.75) is 62.2 Å². The van der Waals surface area contributed by atoms with Crippen molar-refractivity contribution in [3.63, 3.8) is 0 Å². The molecule has 8 nitrogen and oxygen atoms in total. The second kappa shape index (κ2) is 10.7. The van der Waals surface area contributed by atoms with Crippen LogP contribution in [-0.2, 0) is 4.74 Å². The number of ether oxygens (including phenoxy) is 2. The van der Waals surface area contributed by atoms with Gasteiger partial charge in [-0.1, -0.05) is 11.6 Å². The lowest BCUT2D eigenvalue weighted by molar-refractivity contribution is 0.0521. The fraction of sp³-hybridized carbons (Fsp3) is 0.500. The Balaban J connectivity index is 1.22. The molecule has 2 aromatic heterocycles. The number of halogens is 2. The van der Waals surface area contributed by atoms with E-state index in [-0.39, 0.29) is 28.4 Å². The van der Waals surface area contributed by atoms with Crippen LogP contribution in [0.25, 0.3) is 32.1 Å². The molecule has 4 saturated heterocycles. The summed E-state index contributed by atoms with van der Waals surface area (Å²) in [6.45, 7) is 3.78. The van der Waals surface area contributed by atoms with E-state index < -0.39 is 5.82 Å². The Morgan fingerprint density at radius 3 is 2.79 bits per heavy atom. The number of piperazine rings is 1. The van der Waals surface area contributed by atoms with Crippen molar-refractivity contribution in [3.05, 3.63) is 40.5 Å². The number of fused-ring (bicyclic) bond motifs is 5. The van der Waals surface area contributed by atoms with Gasteiger partial charge in [-0.3, -0.25) is 4.90 Å². The van der Waals surface area contributed by atoms with Crippen LogP contribution in [0.2, 0.25) is 5.02 Å². The summed E-state index contributed by atoms with van der Waals surface area (Å²) in [5, 5.41) is 17.4. The Kier molecular flexibility index (Phi) is 6.91. The van der Waals surface area contributed by atoms with E-state index in [1.54, 1.807) is 25.3 Å². The van der Waals surface area contributed by atoms with Crippen LogP contribution in [0.4, 0.5) is 10.2 Å². The van der Waals surface area contributed by atoms with E-state index in [0.29, 0.717) is 53.1 Å². The molecule has 2 unspecified atom stereocenters. The van der Waals surface area contributed by atoms with Gasteiger partial charge in [-0.15, -0.1) is 11.3 Å². The number of anilines is 1. The van der Waals surface area contributed by atoms with Gasteiger partial charge in [0.1, 0.15) is 23.7 Å². The van der Waals surface area contributed by atoms with Crippen molar-refractivity contribution >= 4 is 49.7 Å². The molecule has 0 radical (unpaired) electrons. The number of benzene rings is 2. The highest BCUT2D eigenvalue weighted by atomic mass is 35.5. The van der Waals surface area contributed by atoms with Crippen LogP contribution in [0.15, 0.2) is 29.6 Å². The summed E-state index contributed by atoms with van der Waals surface area (Å²) < 4.78 is 29.7. The van der Waals surface area contributed by atoms with Gasteiger partial charge in [-0.05, 0) is 74.7 Å². The first-order valence-electron chi connectivity index (χ1n) is 15.2. The van der Waals surface area contributed by atoms with E-state index in [4.69, 9.17) is 31.0 Å². The first kappa shape index (κ1) is 27.8. The standard InChI is InChI=1S/C32H35ClFN5O3S/c1-41-15-20-7-9-32(8-2-10-39(20)32)17-42-31-36-29-23(30(37-31)38-13-18-3-4-19(14-38)35-18)12-25(33)27(28(29)34)24-16-43-26-6-5-21(40)11-22(24)26/h5-6,11-12,16,18-20,35,40H,2-4,7-10,13-15,17H2,1H3/t18?,19?,20-,32-/m1/s1. The number of hydrogen-bond acceptors (Lipinski definition) is 9. The van der Waals surface area contributed by atoms with Gasteiger partial charge in [0.15, 0.2) is 5.82 Å². The summed E-state index contributed by atoms with van der Waals surface area (Å²) in [6, 6.07) is 8.27. The van der Waals surface area contributed by atoms with Gasteiger partial charge < -0.3 is 24.8 Å². The number of phenolic OH excluding ortho intramolecular Hbond substituents is 1. The molecule has 4 aliphatic heterocycles. The van der Waals surface area contributed by atoms with Crippen molar-refractivity contribution in [2.24, 2.45) is 0 Å². The molecule has 6 heterocycles. The smallest absolute Gasteiger partial charge is 0.319 e. The Hall–Kier alpha value is -2.76. The van der Waals surface area contributed by atoms with Crippen LogP contribution >= 0.6 is 22.9 Å². The summed E-state index contributed by atoms with van der Waals surface area (Å²) in [4.78, 5) is 14.5. The summed E-state index contributed by atoms with van der Waals surface area (Å²) >= 11 is 8.36. The predicted molar refractivity (Wildman–Crippen MR) is 168 cm³/mol. The van der Waals surface area contributed by atoms with Gasteiger partial charge in [0.25, 0.3) is 0 Å². The van der Waals surface area contributed by atoms with Crippen LogP contribution in [0.5, 0.6) is 11.8 Å². The van der Waals surface area contributed by atoms with Crippen molar-refractivity contribution in [1.29, 1.82) is 0 Å². The molecular formula is C32H35ClFN5O3S. The Morgan fingerprint density at radius 2 is 1.98 bits per heavy atom. The molecule has 0 spiro atoms. The number of nitrogens with one attached hydrogen (secondary N) is 1. The zero-order chi connectivity index (χ0) is 29.3. The van der Waals surface area contributed by atoms with Crippen molar-refractivity contribution in [3.8, 4) is 22.9 Å². The lowest BCUT2D eigenvalue weighted by Gasteiger charge is -2.35. The lowest BCUT2D eigenvalue weighted by atomic mass is 9.95. The summed E-state index contributed by atoms with van der Waals surface area (Å²) in [5.41, 5.74) is 1.05. The molecule has 43 heavy (non-hydrogen) atoms. The molecule has 4 fully saturated rings. The highest BCUT2D eigenvalue weighted by molar-refractivity contribution is 7.17. The largest absolute Gasteiger partial charge is 0.508 e. The van der Waals surface area contributed by atoms with E-state index in [0.717, 1.165) is 68.2 Å². The first-order valence-corrected chi connectivity index (χ1v) is 16.5. The molecule has 0 aliphatic carbocycles. The maximum absolute atomic E-state index is 16.8. The maximum atomic E-state index is 16.8. The van der Waals surface area contributed by atoms with Gasteiger partial charge in [0, 0.05) is 64.9 Å². The van der Waals surface area contributed by atoms with Gasteiger partial charge in [0.2, 0.25) is 0 Å². The zero-order valence-electron chi connectivity index (χ0n) is 24.1. The number of nitrogens with zero attached hydrogens (tertiary/aromatic N) is 4. The minimum atomic E-state index is -0.501. The van der Waals surface area contributed by atoms with E-state index in [9.17, 15) is 5.11 Å². The number of aromatic hydroxyl groups is 1. The molecule has 226 valence electrons. The quantitative estimate of drug-likeness (QED) is 0.261. The Labute approximate surface area is 258 Å². The molecule has 0 saturated carbocycles. The van der Waals surface area contributed by atoms with Crippen molar-refractivity contribution in [2.75, 3.05) is 44.9 Å². The molecule has 8 rings (SSSR count). The van der Waals surface area contributed by atoms with Gasteiger partial charge >= 0.3 is 6.01 Å². The third kappa shape index (κ3) is 4.64. The fourth-order valence-electron chi connectivity index (χ4n) is 8.07. The van der Waals surface area contributed by atoms with Crippen LogP contribution in [0.1, 0.15) is 38.5 Å². The van der Waals surface area contributed by atoms with Gasteiger partial charge in [-0.2, -0.15) is 9.97 Å². The summed E-state index contributed by atoms with van der Waals surface area (Å²) in [6.07, 6.45) is 6.52. The first-order chi connectivity index (χ1) is 20.9. The third-order valence-corrected chi connectivity index (χ3v) is 11.3. The second-order valence-electron chi connectivity index (χ2n) is 12.6. The monoisotopic (exact) mass is 623 g/mol. The third-order valence-electron chi connectivity index (χ3n) is 10.0. The van der Waals surface area contributed by atoms with Gasteiger partial charge in [-0.25, -0.2) is 4.39 Å². The topological polar surface area (TPSA) is 83.0 Å². The van der Waals surface area contributed by atoms with Crippen molar-refractivity contribution < 1.29 is 19.0 Å². The average Bonchev–Trinajstić information content (AvgIpc) is 3.76. The van der Waals surface area contributed by atoms with Crippen molar-refractivity contribution in [1.82, 2.24) is 20.2 Å². The molecule has 4 aliphatic rings. The van der Waals surface area contributed by atoms with Crippen LogP contribution in [-0.4, -0.2) is 83.6 Å². The number of thiophene rings is 1. The Bertz CT molecular complexity index is 1710. The van der Waals surface area contributed by atoms with E-state index in [1.807, 2.05) is 11.4 Å². The zero-order valence-corrected chi connectivity index (χ0v) is 25.7. The Morgan fingerprint density at radius 1 is 1.14 bits per heavy atom. The number of aromatic nitrogens is 2. The molecule has 2 N–H and O–H groups in total. The lowest BCUT2D eigenvalue weighted by Crippen LogP contribution is -2.51. The minimum Gasteiger partial charge on any atom is -0.508 e. The van der Waals surface area contributed by atoms with E-state index >= 15 is 4.39 Å². The SMILES string of the molecule is COC[C@H]1CC[C@@]2(COc3nc(N4CC5CCC(C4)N5)c4cc(Cl)c(-c5csc6ccc(O)cc56)c(F)c4n3)CCCN12. The fourth-order valence-corrected chi connectivity index (χ4v) is 9.30. The molecule has 4 aromatic rings. The molecule has 0 amide bonds. The summed E-state index contributed by atoms with van der Waals surface area (Å²) in [5.74, 6) is 0.292. The van der Waals surface area contributed by atoms with E-state index in [1.165, 1.54) is 11.3 Å². The minimum absolute atomic E-state index is 0.0723. The molecule has 11 heteroatoms. The van der Waals surface area contributed by atoms with E-state index in [2.05, 4.69) is 15.1 Å². The average molecular weight is 624 g/mol. The van der Waals surface area contributed by atoms with Crippen LogP contribution in [0, 0.1) is 5.82 Å². The molecule has 2 bridgehead atoms. The predicted octanol–water partition coefficient (Wildman–Crippen LogP) is 5.97. The number of rotatable bonds is 7. The molecular weight excluding hydrogens is 589 g/mol. The van der Waals surface area contributed by atoms with Crippen LogP contribution < -0.4 is 15.0 Å². The second-order valence-corrected chi connectivity index (χ2v) is 13.9. The van der Waals surface area contributed by atoms with Gasteiger partial charge in [0.05, 0.1) is 17.2 Å². The highest BCUT2D eigenvalue weighted by Crippen LogP contribution is 2.45. The maximum Gasteiger partial charge on any atom is 0.319 e. The van der Waals surface area contributed by atoms with Crippen LogP contribution in [0.3, 0.4) is 0 Å². The molecule has 4 atom stereocenters. The number of methoxy groups -OCH3 is 1. The summed E-state index contributed by atoms with van der Waals surface area (Å²) in [7, 11) is 1.76.